The fourth-order valence-electron chi connectivity index (χ4n) is 2.92. The Kier molecular flexibility index (Phi) is 5.73. The molecule has 0 amide bonds. The molecule has 7 nitrogen and oxygen atoms in total. The maximum Gasteiger partial charge on any atom is 0.338 e. The smallest absolute Gasteiger partial charge is 0.338 e. The molecule has 0 radical (unpaired) electrons. The number of hydrogen-bond acceptors (Lipinski definition) is 7. The van der Waals surface area contributed by atoms with Gasteiger partial charge in [-0.1, -0.05) is 36.4 Å². The Labute approximate surface area is 162 Å². The van der Waals surface area contributed by atoms with Gasteiger partial charge in [0.15, 0.2) is 12.4 Å². The quantitative estimate of drug-likeness (QED) is 0.792. The zero-order valence-electron chi connectivity index (χ0n) is 15.1. The molecule has 1 aliphatic rings. The normalized spacial score (nSPS) is 26.2. The van der Waals surface area contributed by atoms with Crippen molar-refractivity contribution in [3.05, 3.63) is 71.8 Å². The second kappa shape index (κ2) is 8.21. The number of esters is 2. The van der Waals surface area contributed by atoms with Crippen molar-refractivity contribution in [2.45, 2.75) is 25.4 Å². The summed E-state index contributed by atoms with van der Waals surface area (Å²) in [6, 6.07) is 18.6. The summed E-state index contributed by atoms with van der Waals surface area (Å²) in [6.07, 6.45) is -3.60. The average molecular weight is 381 g/mol. The molecule has 28 heavy (non-hydrogen) atoms. The van der Waals surface area contributed by atoms with E-state index in [2.05, 4.69) is 0 Å². The van der Waals surface area contributed by atoms with Crippen LogP contribution >= 0.6 is 0 Å². The molecular formula is C21H19NO6. The van der Waals surface area contributed by atoms with Crippen molar-refractivity contribution in [3.8, 4) is 6.07 Å². The van der Waals surface area contributed by atoms with E-state index >= 15 is 0 Å². The summed E-state index contributed by atoms with van der Waals surface area (Å²) in [7, 11) is 0. The van der Waals surface area contributed by atoms with Gasteiger partial charge in [-0.15, -0.1) is 0 Å². The Morgan fingerprint density at radius 3 is 2.14 bits per heavy atom. The topological polar surface area (TPSA) is 106 Å². The summed E-state index contributed by atoms with van der Waals surface area (Å²) in [6.45, 7) is 1.15. The molecule has 0 spiro atoms. The van der Waals surface area contributed by atoms with Crippen LogP contribution in [0.3, 0.4) is 0 Å². The monoisotopic (exact) mass is 381 g/mol. The zero-order chi connectivity index (χ0) is 20.1. The second-order valence-electron chi connectivity index (χ2n) is 6.58. The third kappa shape index (κ3) is 3.88. The van der Waals surface area contributed by atoms with Gasteiger partial charge in [0.1, 0.15) is 18.1 Å². The first-order chi connectivity index (χ1) is 13.5. The van der Waals surface area contributed by atoms with E-state index in [4.69, 9.17) is 14.2 Å². The van der Waals surface area contributed by atoms with Gasteiger partial charge in [0, 0.05) is 0 Å². The fraction of sp³-hybridized carbons (Fsp3) is 0.286. The van der Waals surface area contributed by atoms with Crippen LogP contribution in [0.2, 0.25) is 0 Å². The van der Waals surface area contributed by atoms with Gasteiger partial charge in [-0.2, -0.15) is 5.26 Å². The number of carbonyl (C=O) groups excluding carboxylic acids is 2. The third-order valence-electron chi connectivity index (χ3n) is 4.62. The van der Waals surface area contributed by atoms with Crippen LogP contribution in [0.25, 0.3) is 0 Å². The van der Waals surface area contributed by atoms with E-state index in [9.17, 15) is 20.0 Å². The highest BCUT2D eigenvalue weighted by Crippen LogP contribution is 2.39. The first kappa shape index (κ1) is 19.5. The first-order valence-electron chi connectivity index (χ1n) is 8.68. The number of carbonyl (C=O) groups is 2. The number of nitrogens with zero attached hydrogens (tertiary/aromatic N) is 1. The van der Waals surface area contributed by atoms with E-state index < -0.39 is 35.9 Å². The van der Waals surface area contributed by atoms with E-state index in [1.165, 1.54) is 6.92 Å². The molecule has 0 saturated carbocycles. The standard InChI is InChI=1S/C21H19NO6/c1-21(13-22)17(28-19(24)15-10-6-3-7-11-15)16(27-20(21)25)12-26-18(23)14-8-4-2-5-9-14/h2-11,16-17,20,25H,12H2,1H3/t16?,17-,20?,21-/m1/s1. The van der Waals surface area contributed by atoms with Crippen LogP contribution in [0, 0.1) is 16.7 Å². The van der Waals surface area contributed by atoms with Crippen molar-refractivity contribution in [2.24, 2.45) is 5.41 Å². The van der Waals surface area contributed by atoms with Crippen molar-refractivity contribution >= 4 is 11.9 Å². The number of benzene rings is 2. The molecule has 1 fully saturated rings. The predicted molar refractivity (Wildman–Crippen MR) is 97.0 cm³/mol. The average Bonchev–Trinajstić information content (AvgIpc) is 2.98. The molecule has 2 aromatic rings. The lowest BCUT2D eigenvalue weighted by atomic mass is 9.85. The highest BCUT2D eigenvalue weighted by Gasteiger charge is 2.56. The predicted octanol–water partition coefficient (Wildman–Crippen LogP) is 2.32. The summed E-state index contributed by atoms with van der Waals surface area (Å²) < 4.78 is 16.1. The zero-order valence-corrected chi connectivity index (χ0v) is 15.1. The Morgan fingerprint density at radius 2 is 1.61 bits per heavy atom. The summed E-state index contributed by atoms with van der Waals surface area (Å²) in [5.41, 5.74) is -0.861. The van der Waals surface area contributed by atoms with E-state index in [0.29, 0.717) is 11.1 Å². The van der Waals surface area contributed by atoms with Gasteiger partial charge in [0.05, 0.1) is 17.2 Å². The molecule has 144 valence electrons. The van der Waals surface area contributed by atoms with Crippen LogP contribution in [0.15, 0.2) is 60.7 Å². The van der Waals surface area contributed by atoms with Gasteiger partial charge >= 0.3 is 11.9 Å². The highest BCUT2D eigenvalue weighted by atomic mass is 16.7. The molecule has 2 unspecified atom stereocenters. The molecule has 0 bridgehead atoms. The lowest BCUT2D eigenvalue weighted by Crippen LogP contribution is -2.42. The maximum atomic E-state index is 12.4. The van der Waals surface area contributed by atoms with E-state index in [1.54, 1.807) is 60.7 Å². The molecule has 3 rings (SSSR count). The van der Waals surface area contributed by atoms with Crippen molar-refractivity contribution < 1.29 is 28.9 Å². The largest absolute Gasteiger partial charge is 0.459 e. The van der Waals surface area contributed by atoms with Gasteiger partial charge in [-0.25, -0.2) is 9.59 Å². The van der Waals surface area contributed by atoms with Gasteiger partial charge < -0.3 is 19.3 Å². The minimum atomic E-state index is -1.51. The number of ether oxygens (including phenoxy) is 3. The molecule has 1 saturated heterocycles. The number of aliphatic hydroxyl groups excluding tert-OH is 1. The van der Waals surface area contributed by atoms with Crippen LogP contribution in [0.4, 0.5) is 0 Å². The minimum Gasteiger partial charge on any atom is -0.459 e. The van der Waals surface area contributed by atoms with Gasteiger partial charge in [0.2, 0.25) is 0 Å². The molecule has 0 aliphatic carbocycles. The van der Waals surface area contributed by atoms with E-state index in [1.807, 2.05) is 6.07 Å². The lowest BCUT2D eigenvalue weighted by Gasteiger charge is -2.26. The van der Waals surface area contributed by atoms with Crippen molar-refractivity contribution in [3.63, 3.8) is 0 Å². The Morgan fingerprint density at radius 1 is 1.07 bits per heavy atom. The molecule has 1 heterocycles. The van der Waals surface area contributed by atoms with E-state index in [-0.39, 0.29) is 6.61 Å². The Bertz CT molecular complexity index is 879. The molecule has 1 aliphatic heterocycles. The summed E-state index contributed by atoms with van der Waals surface area (Å²) >= 11 is 0. The van der Waals surface area contributed by atoms with Crippen molar-refractivity contribution in [2.75, 3.05) is 6.61 Å². The number of rotatable bonds is 5. The van der Waals surface area contributed by atoms with Gasteiger partial charge in [-0.3, -0.25) is 0 Å². The third-order valence-corrected chi connectivity index (χ3v) is 4.62. The number of hydrogen-bond donors (Lipinski definition) is 1. The molecule has 4 atom stereocenters. The summed E-state index contributed by atoms with van der Waals surface area (Å²) in [4.78, 5) is 24.6. The van der Waals surface area contributed by atoms with Gasteiger partial charge in [0.25, 0.3) is 0 Å². The van der Waals surface area contributed by atoms with Crippen LogP contribution in [0.5, 0.6) is 0 Å². The Balaban J connectivity index is 1.74. The molecule has 0 aromatic heterocycles. The molecular weight excluding hydrogens is 362 g/mol. The summed E-state index contributed by atoms with van der Waals surface area (Å²) in [5, 5.41) is 19.7. The van der Waals surface area contributed by atoms with Crippen LogP contribution < -0.4 is 0 Å². The minimum absolute atomic E-state index is 0.283. The van der Waals surface area contributed by atoms with Crippen molar-refractivity contribution in [1.29, 1.82) is 5.26 Å². The molecule has 2 aromatic carbocycles. The maximum absolute atomic E-state index is 12.4. The van der Waals surface area contributed by atoms with Crippen LogP contribution in [-0.4, -0.2) is 42.1 Å². The van der Waals surface area contributed by atoms with E-state index in [0.717, 1.165) is 0 Å². The molecule has 7 heteroatoms. The lowest BCUT2D eigenvalue weighted by molar-refractivity contribution is -0.127. The highest BCUT2D eigenvalue weighted by molar-refractivity contribution is 5.90. The number of aliphatic hydroxyl groups is 1. The Hall–Kier alpha value is -3.21. The summed E-state index contributed by atoms with van der Waals surface area (Å²) in [5.74, 6) is -1.25. The van der Waals surface area contributed by atoms with Crippen molar-refractivity contribution in [1.82, 2.24) is 0 Å². The second-order valence-corrected chi connectivity index (χ2v) is 6.58. The van der Waals surface area contributed by atoms with Crippen LogP contribution in [0.1, 0.15) is 27.6 Å². The SMILES string of the molecule is C[C@]1(C#N)C(O)OC(COC(=O)c2ccccc2)[C@H]1OC(=O)c1ccccc1. The van der Waals surface area contributed by atoms with Crippen LogP contribution in [-0.2, 0) is 14.2 Å². The first-order valence-corrected chi connectivity index (χ1v) is 8.68. The van der Waals surface area contributed by atoms with Gasteiger partial charge in [-0.05, 0) is 31.2 Å². The molecule has 1 N–H and O–H groups in total. The number of nitriles is 1. The fourth-order valence-corrected chi connectivity index (χ4v) is 2.92.